The van der Waals surface area contributed by atoms with Crippen LogP contribution in [0, 0.1) is 4.91 Å². The molecule has 0 amide bonds. The highest BCUT2D eigenvalue weighted by Crippen LogP contribution is 2.40. The molecule has 23 heavy (non-hydrogen) atoms. The van der Waals surface area contributed by atoms with Crippen molar-refractivity contribution in [3.8, 4) is 5.75 Å². The molecule has 0 saturated carbocycles. The molecule has 6 nitrogen and oxygen atoms in total. The van der Waals surface area contributed by atoms with Crippen LogP contribution in [0.1, 0.15) is 21.5 Å². The fourth-order valence-corrected chi connectivity index (χ4v) is 2.55. The first-order valence-electron chi connectivity index (χ1n) is 7.20. The lowest BCUT2D eigenvalue weighted by atomic mass is 10.0. The molecule has 1 unspecified atom stereocenters. The Balaban J connectivity index is 1.82. The van der Waals surface area contributed by atoms with Crippen molar-refractivity contribution in [3.05, 3.63) is 64.1 Å². The van der Waals surface area contributed by atoms with Crippen molar-refractivity contribution < 1.29 is 19.4 Å². The average Bonchev–Trinajstić information content (AvgIpc) is 3.04. The van der Waals surface area contributed by atoms with E-state index in [1.807, 2.05) is 30.3 Å². The second-order valence-electron chi connectivity index (χ2n) is 5.22. The topological polar surface area (TPSA) is 85.2 Å². The predicted molar refractivity (Wildman–Crippen MR) is 82.7 cm³/mol. The molecule has 3 rings (SSSR count). The standard InChI is InChI=1S/C17H15NO5/c19-9-12-8-14-13(6-7-15(18-21)16(14)23-12)17(20)22-10-11-4-2-1-3-5-11/h1-7,12,19H,8-10H2. The summed E-state index contributed by atoms with van der Waals surface area (Å²) in [6.45, 7) is -0.0438. The highest BCUT2D eigenvalue weighted by Gasteiger charge is 2.30. The molecule has 0 radical (unpaired) electrons. The number of nitrogens with zero attached hydrogens (tertiary/aromatic N) is 1. The lowest BCUT2D eigenvalue weighted by molar-refractivity contribution is 0.0471. The number of fused-ring (bicyclic) bond motifs is 1. The SMILES string of the molecule is O=Nc1ccc(C(=O)OCc2ccccc2)c2c1OC(CO)C2. The van der Waals surface area contributed by atoms with Crippen LogP contribution in [0.3, 0.4) is 0 Å². The number of rotatable bonds is 5. The third-order valence-corrected chi connectivity index (χ3v) is 3.69. The van der Waals surface area contributed by atoms with Gasteiger partial charge >= 0.3 is 5.97 Å². The Hall–Kier alpha value is -2.73. The van der Waals surface area contributed by atoms with E-state index in [1.54, 1.807) is 0 Å². The van der Waals surface area contributed by atoms with E-state index in [1.165, 1.54) is 12.1 Å². The first-order valence-corrected chi connectivity index (χ1v) is 7.20. The number of carbonyl (C=O) groups is 1. The van der Waals surface area contributed by atoms with E-state index >= 15 is 0 Å². The summed E-state index contributed by atoms with van der Waals surface area (Å²) in [5.41, 5.74) is 1.89. The van der Waals surface area contributed by atoms with Gasteiger partial charge in [0.15, 0.2) is 5.75 Å². The number of hydrogen-bond acceptors (Lipinski definition) is 6. The van der Waals surface area contributed by atoms with E-state index in [0.29, 0.717) is 17.5 Å². The Labute approximate surface area is 132 Å². The number of aliphatic hydroxyl groups excluding tert-OH is 1. The first-order chi connectivity index (χ1) is 11.2. The molecule has 0 fully saturated rings. The van der Waals surface area contributed by atoms with Crippen molar-refractivity contribution in [3.63, 3.8) is 0 Å². The zero-order chi connectivity index (χ0) is 16.2. The maximum atomic E-state index is 12.3. The van der Waals surface area contributed by atoms with Gasteiger partial charge in [-0.1, -0.05) is 30.3 Å². The van der Waals surface area contributed by atoms with E-state index in [0.717, 1.165) is 5.56 Å². The van der Waals surface area contributed by atoms with Gasteiger partial charge < -0.3 is 14.6 Å². The summed E-state index contributed by atoms with van der Waals surface area (Å²) in [6, 6.07) is 12.3. The maximum absolute atomic E-state index is 12.3. The van der Waals surface area contributed by atoms with Crippen molar-refractivity contribution >= 4 is 11.7 Å². The Morgan fingerprint density at radius 1 is 1.26 bits per heavy atom. The molecule has 0 saturated heterocycles. The molecule has 1 atom stereocenters. The Bertz CT molecular complexity index is 729. The molecule has 2 aromatic rings. The summed E-state index contributed by atoms with van der Waals surface area (Å²) in [4.78, 5) is 23.2. The second kappa shape index (κ2) is 6.58. The fraction of sp³-hybridized carbons (Fsp3) is 0.235. The molecule has 1 heterocycles. The number of nitroso groups, excluding NO2 is 1. The predicted octanol–water partition coefficient (Wildman–Crippen LogP) is 2.74. The lowest BCUT2D eigenvalue weighted by Crippen LogP contribution is -2.17. The molecular formula is C17H15NO5. The van der Waals surface area contributed by atoms with Gasteiger partial charge in [0, 0.05) is 12.0 Å². The van der Waals surface area contributed by atoms with Gasteiger partial charge in [0.2, 0.25) is 0 Å². The van der Waals surface area contributed by atoms with Gasteiger partial charge in [0.1, 0.15) is 18.4 Å². The number of esters is 1. The normalized spacial score (nSPS) is 15.6. The summed E-state index contributed by atoms with van der Waals surface area (Å²) in [7, 11) is 0. The van der Waals surface area contributed by atoms with Crippen LogP contribution < -0.4 is 4.74 Å². The zero-order valence-electron chi connectivity index (χ0n) is 12.3. The Morgan fingerprint density at radius 3 is 2.74 bits per heavy atom. The van der Waals surface area contributed by atoms with Crippen molar-refractivity contribution in [1.82, 2.24) is 0 Å². The van der Waals surface area contributed by atoms with Crippen LogP contribution in [-0.2, 0) is 17.8 Å². The molecule has 0 bridgehead atoms. The molecule has 0 spiro atoms. The minimum absolute atomic E-state index is 0.121. The monoisotopic (exact) mass is 313 g/mol. The summed E-state index contributed by atoms with van der Waals surface area (Å²) in [6.07, 6.45) is -0.140. The molecule has 1 aliphatic rings. The molecule has 1 N–H and O–H groups in total. The van der Waals surface area contributed by atoms with Crippen LogP contribution in [0.4, 0.5) is 5.69 Å². The number of aliphatic hydroxyl groups is 1. The van der Waals surface area contributed by atoms with Gasteiger partial charge in [0.05, 0.1) is 12.2 Å². The Morgan fingerprint density at radius 2 is 2.04 bits per heavy atom. The summed E-state index contributed by atoms with van der Waals surface area (Å²) >= 11 is 0. The fourth-order valence-electron chi connectivity index (χ4n) is 2.55. The summed E-state index contributed by atoms with van der Waals surface area (Å²) < 4.78 is 10.8. The molecule has 118 valence electrons. The van der Waals surface area contributed by atoms with Gasteiger partial charge in [-0.3, -0.25) is 0 Å². The minimum Gasteiger partial charge on any atom is -0.485 e. The number of benzene rings is 2. The zero-order valence-corrected chi connectivity index (χ0v) is 12.3. The molecule has 2 aromatic carbocycles. The smallest absolute Gasteiger partial charge is 0.338 e. The third-order valence-electron chi connectivity index (χ3n) is 3.69. The molecule has 0 aromatic heterocycles. The maximum Gasteiger partial charge on any atom is 0.338 e. The van der Waals surface area contributed by atoms with Crippen LogP contribution >= 0.6 is 0 Å². The van der Waals surface area contributed by atoms with Crippen molar-refractivity contribution in [2.24, 2.45) is 5.18 Å². The summed E-state index contributed by atoms with van der Waals surface area (Å²) in [5, 5.41) is 12.1. The second-order valence-corrected chi connectivity index (χ2v) is 5.22. The van der Waals surface area contributed by atoms with Gasteiger partial charge in [-0.15, -0.1) is 4.91 Å². The van der Waals surface area contributed by atoms with E-state index in [9.17, 15) is 14.8 Å². The van der Waals surface area contributed by atoms with Crippen molar-refractivity contribution in [1.29, 1.82) is 0 Å². The van der Waals surface area contributed by atoms with Crippen LogP contribution in [-0.4, -0.2) is 23.8 Å². The minimum atomic E-state index is -0.496. The van der Waals surface area contributed by atoms with Gasteiger partial charge in [-0.05, 0) is 22.9 Å². The van der Waals surface area contributed by atoms with Gasteiger partial charge in [-0.25, -0.2) is 4.79 Å². The molecule has 1 aliphatic heterocycles. The Kier molecular flexibility index (Phi) is 4.34. The molecule has 0 aliphatic carbocycles. The highest BCUT2D eigenvalue weighted by molar-refractivity contribution is 5.93. The van der Waals surface area contributed by atoms with Crippen LogP contribution in [0.2, 0.25) is 0 Å². The van der Waals surface area contributed by atoms with Gasteiger partial charge in [0.25, 0.3) is 0 Å². The molecule has 6 heteroatoms. The van der Waals surface area contributed by atoms with Crippen molar-refractivity contribution in [2.45, 2.75) is 19.1 Å². The van der Waals surface area contributed by atoms with Crippen LogP contribution in [0.25, 0.3) is 0 Å². The van der Waals surface area contributed by atoms with E-state index in [-0.39, 0.29) is 24.7 Å². The quantitative estimate of drug-likeness (QED) is 0.677. The first kappa shape index (κ1) is 15.2. The third kappa shape index (κ3) is 3.07. The van der Waals surface area contributed by atoms with E-state index < -0.39 is 12.1 Å². The molecular weight excluding hydrogens is 298 g/mol. The lowest BCUT2D eigenvalue weighted by Gasteiger charge is -2.09. The number of hydrogen-bond donors (Lipinski definition) is 1. The largest absolute Gasteiger partial charge is 0.485 e. The summed E-state index contributed by atoms with van der Waals surface area (Å²) in [5.74, 6) is -0.238. The van der Waals surface area contributed by atoms with Gasteiger partial charge in [-0.2, -0.15) is 0 Å². The number of carbonyl (C=O) groups excluding carboxylic acids is 1. The highest BCUT2D eigenvalue weighted by atomic mass is 16.5. The average molecular weight is 313 g/mol. The van der Waals surface area contributed by atoms with Crippen LogP contribution in [0.5, 0.6) is 5.75 Å². The number of ether oxygens (including phenoxy) is 2. The van der Waals surface area contributed by atoms with E-state index in [2.05, 4.69) is 5.18 Å². The van der Waals surface area contributed by atoms with E-state index in [4.69, 9.17) is 9.47 Å². The van der Waals surface area contributed by atoms with Crippen LogP contribution in [0.15, 0.2) is 47.6 Å². The van der Waals surface area contributed by atoms with Crippen molar-refractivity contribution in [2.75, 3.05) is 6.61 Å².